The monoisotopic (exact) mass is 359 g/mol. The van der Waals surface area contributed by atoms with Gasteiger partial charge in [-0.05, 0) is 46.8 Å². The van der Waals surface area contributed by atoms with E-state index in [2.05, 4.69) is 39.9 Å². The van der Waals surface area contributed by atoms with Gasteiger partial charge < -0.3 is 5.32 Å². The first kappa shape index (κ1) is 13.5. The van der Waals surface area contributed by atoms with E-state index in [1.165, 1.54) is 6.07 Å². The summed E-state index contributed by atoms with van der Waals surface area (Å²) in [6.45, 7) is 4.19. The summed E-state index contributed by atoms with van der Waals surface area (Å²) in [4.78, 5) is 0. The maximum absolute atomic E-state index is 13.7. The molecule has 0 spiro atoms. The van der Waals surface area contributed by atoms with Crippen LogP contribution in [0.2, 0.25) is 0 Å². The van der Waals surface area contributed by atoms with E-state index in [1.807, 2.05) is 18.3 Å². The Kier molecular flexibility index (Phi) is 4.71. The minimum absolute atomic E-state index is 0.180. The van der Waals surface area contributed by atoms with E-state index in [-0.39, 0.29) is 5.82 Å². The van der Waals surface area contributed by atoms with E-state index in [9.17, 15) is 4.39 Å². The molecule has 3 nitrogen and oxygen atoms in total. The Balaban J connectivity index is 2.15. The van der Waals surface area contributed by atoms with Crippen molar-refractivity contribution in [1.82, 2.24) is 15.1 Å². The van der Waals surface area contributed by atoms with Crippen molar-refractivity contribution in [3.8, 4) is 0 Å². The molecule has 0 unspecified atom stereocenters. The number of nitrogens with zero attached hydrogens (tertiary/aromatic N) is 2. The molecule has 2 rings (SSSR count). The lowest BCUT2D eigenvalue weighted by Crippen LogP contribution is -2.12. The van der Waals surface area contributed by atoms with E-state index in [4.69, 9.17) is 0 Å². The zero-order valence-electron chi connectivity index (χ0n) is 10.2. The summed E-state index contributed by atoms with van der Waals surface area (Å²) in [6, 6.07) is 5.23. The summed E-state index contributed by atoms with van der Waals surface area (Å²) in [5, 5.41) is 7.40. The van der Waals surface area contributed by atoms with Gasteiger partial charge in [0.2, 0.25) is 0 Å². The van der Waals surface area contributed by atoms with Crippen molar-refractivity contribution in [2.24, 2.45) is 0 Å². The molecule has 1 N–H and O–H groups in total. The van der Waals surface area contributed by atoms with Crippen molar-refractivity contribution in [1.29, 1.82) is 0 Å². The Morgan fingerprint density at radius 2 is 2.28 bits per heavy atom. The average Bonchev–Trinajstić information content (AvgIpc) is 2.76. The van der Waals surface area contributed by atoms with Crippen LogP contribution in [-0.4, -0.2) is 16.3 Å². The molecule has 2 aromatic rings. The highest BCUT2D eigenvalue weighted by atomic mass is 127. The molecule has 0 aliphatic heterocycles. The molecule has 18 heavy (non-hydrogen) atoms. The molecular weight excluding hydrogens is 344 g/mol. The van der Waals surface area contributed by atoms with Crippen LogP contribution in [0, 0.1) is 9.39 Å². The van der Waals surface area contributed by atoms with Crippen LogP contribution in [0.25, 0.3) is 0 Å². The molecule has 5 heteroatoms. The molecule has 0 amide bonds. The molecule has 0 aliphatic rings. The summed E-state index contributed by atoms with van der Waals surface area (Å²) < 4.78 is 16.5. The molecule has 0 bridgehead atoms. The molecule has 0 atom stereocenters. The topological polar surface area (TPSA) is 29.9 Å². The first-order valence-corrected chi connectivity index (χ1v) is 6.93. The Morgan fingerprint density at radius 1 is 1.44 bits per heavy atom. The lowest BCUT2D eigenvalue weighted by molar-refractivity contribution is 0.583. The third-order valence-electron chi connectivity index (χ3n) is 2.62. The van der Waals surface area contributed by atoms with Crippen molar-refractivity contribution in [2.75, 3.05) is 6.54 Å². The fraction of sp³-hybridized carbons (Fsp3) is 0.308. The Morgan fingerprint density at radius 3 is 2.94 bits per heavy atom. The number of hydrogen-bond donors (Lipinski definition) is 1. The lowest BCUT2D eigenvalue weighted by Gasteiger charge is -2.07. The minimum Gasteiger partial charge on any atom is -0.313 e. The van der Waals surface area contributed by atoms with Crippen molar-refractivity contribution in [2.45, 2.75) is 20.0 Å². The first-order valence-electron chi connectivity index (χ1n) is 5.85. The van der Waals surface area contributed by atoms with Gasteiger partial charge in [-0.25, -0.2) is 4.39 Å². The molecule has 96 valence electrons. The summed E-state index contributed by atoms with van der Waals surface area (Å²) in [7, 11) is 0. The number of hydrogen-bond acceptors (Lipinski definition) is 2. The fourth-order valence-corrected chi connectivity index (χ4v) is 2.17. The second-order valence-corrected chi connectivity index (χ2v) is 5.31. The highest BCUT2D eigenvalue weighted by Crippen LogP contribution is 2.13. The fourth-order valence-electron chi connectivity index (χ4n) is 1.73. The van der Waals surface area contributed by atoms with E-state index in [1.54, 1.807) is 10.9 Å². The van der Waals surface area contributed by atoms with E-state index < -0.39 is 0 Å². The van der Waals surface area contributed by atoms with Gasteiger partial charge in [-0.15, -0.1) is 0 Å². The van der Waals surface area contributed by atoms with Crippen LogP contribution in [0.15, 0.2) is 30.6 Å². The summed E-state index contributed by atoms with van der Waals surface area (Å²) in [5.41, 5.74) is 1.76. The molecule has 0 saturated heterocycles. The van der Waals surface area contributed by atoms with Crippen LogP contribution in [0.5, 0.6) is 0 Å². The predicted molar refractivity (Wildman–Crippen MR) is 77.8 cm³/mol. The molecule has 1 heterocycles. The molecule has 1 aromatic carbocycles. The number of halogens is 2. The van der Waals surface area contributed by atoms with Crippen LogP contribution >= 0.6 is 22.6 Å². The van der Waals surface area contributed by atoms with E-state index in [0.717, 1.165) is 22.2 Å². The summed E-state index contributed by atoms with van der Waals surface area (Å²) >= 11 is 2.19. The minimum atomic E-state index is -0.180. The Labute approximate surface area is 120 Å². The van der Waals surface area contributed by atoms with E-state index in [0.29, 0.717) is 12.1 Å². The molecule has 0 radical (unpaired) electrons. The number of rotatable bonds is 5. The Hall–Kier alpha value is -0.950. The van der Waals surface area contributed by atoms with Gasteiger partial charge >= 0.3 is 0 Å². The third kappa shape index (κ3) is 3.52. The van der Waals surface area contributed by atoms with Crippen LogP contribution in [0.3, 0.4) is 0 Å². The molecular formula is C13H15FIN3. The highest BCUT2D eigenvalue weighted by molar-refractivity contribution is 14.1. The third-order valence-corrected chi connectivity index (χ3v) is 3.18. The number of aromatic nitrogens is 2. The summed E-state index contributed by atoms with van der Waals surface area (Å²) in [6.07, 6.45) is 3.66. The standard InChI is InChI=1S/C13H15FIN3/c1-2-16-6-10-3-4-13(14)11(5-10)8-18-9-12(15)7-17-18/h3-5,7,9,16H,2,6,8H2,1H3. The molecule has 0 fully saturated rings. The first-order chi connectivity index (χ1) is 8.69. The Bertz CT molecular complexity index is 525. The summed E-state index contributed by atoms with van der Waals surface area (Å²) in [5.74, 6) is -0.180. The van der Waals surface area contributed by atoms with Crippen molar-refractivity contribution >= 4 is 22.6 Å². The van der Waals surface area contributed by atoms with Gasteiger partial charge in [0.05, 0.1) is 16.3 Å². The quantitative estimate of drug-likeness (QED) is 0.833. The van der Waals surface area contributed by atoms with Gasteiger partial charge in [0, 0.05) is 18.3 Å². The van der Waals surface area contributed by atoms with Gasteiger partial charge in [0.15, 0.2) is 0 Å². The maximum Gasteiger partial charge on any atom is 0.128 e. The molecule has 0 aliphatic carbocycles. The van der Waals surface area contributed by atoms with Crippen LogP contribution in [-0.2, 0) is 13.1 Å². The van der Waals surface area contributed by atoms with Gasteiger partial charge in [-0.3, -0.25) is 4.68 Å². The molecule has 1 aromatic heterocycles. The normalized spacial score (nSPS) is 10.8. The average molecular weight is 359 g/mol. The number of nitrogens with one attached hydrogen (secondary N) is 1. The maximum atomic E-state index is 13.7. The van der Waals surface area contributed by atoms with Crippen molar-refractivity contribution < 1.29 is 4.39 Å². The largest absolute Gasteiger partial charge is 0.313 e. The van der Waals surface area contributed by atoms with Gasteiger partial charge in [0.25, 0.3) is 0 Å². The smallest absolute Gasteiger partial charge is 0.128 e. The van der Waals surface area contributed by atoms with E-state index >= 15 is 0 Å². The van der Waals surface area contributed by atoms with Crippen molar-refractivity contribution in [3.63, 3.8) is 0 Å². The van der Waals surface area contributed by atoms with Gasteiger partial charge in [0.1, 0.15) is 5.82 Å². The zero-order chi connectivity index (χ0) is 13.0. The van der Waals surface area contributed by atoms with Crippen LogP contribution in [0.1, 0.15) is 18.1 Å². The SMILES string of the molecule is CCNCc1ccc(F)c(Cn2cc(I)cn2)c1. The van der Waals surface area contributed by atoms with Crippen molar-refractivity contribution in [3.05, 3.63) is 51.1 Å². The lowest BCUT2D eigenvalue weighted by atomic mass is 10.1. The van der Waals surface area contributed by atoms with Crippen LogP contribution in [0.4, 0.5) is 4.39 Å². The second kappa shape index (κ2) is 6.29. The zero-order valence-corrected chi connectivity index (χ0v) is 12.3. The second-order valence-electron chi connectivity index (χ2n) is 4.06. The molecule has 0 saturated carbocycles. The number of benzene rings is 1. The van der Waals surface area contributed by atoms with Crippen LogP contribution < -0.4 is 5.32 Å². The highest BCUT2D eigenvalue weighted by Gasteiger charge is 2.05. The van der Waals surface area contributed by atoms with Gasteiger partial charge in [-0.2, -0.15) is 5.10 Å². The van der Waals surface area contributed by atoms with Gasteiger partial charge in [-0.1, -0.05) is 13.0 Å². The predicted octanol–water partition coefficient (Wildman–Crippen LogP) is 2.78.